The Hall–Kier alpha value is -1.31. The first-order valence-electron chi connectivity index (χ1n) is 6.35. The standard InChI is InChI=1S/C14H18N2OS/c15-9-3-6-12-7-8-13(18-12)10-16-14(17)11-4-1-2-5-11/h7-8,11H,1-2,4-5,9-10,15H2,(H,16,17). The fraction of sp³-hybridized carbons (Fsp3) is 0.500. The first kappa shape index (κ1) is 13.1. The summed E-state index contributed by atoms with van der Waals surface area (Å²) in [5.41, 5.74) is 5.33. The Morgan fingerprint density at radius 3 is 2.94 bits per heavy atom. The van der Waals surface area contributed by atoms with Crippen molar-refractivity contribution in [2.24, 2.45) is 11.7 Å². The smallest absolute Gasteiger partial charge is 0.223 e. The molecule has 2 rings (SSSR count). The van der Waals surface area contributed by atoms with E-state index >= 15 is 0 Å². The highest BCUT2D eigenvalue weighted by atomic mass is 32.1. The van der Waals surface area contributed by atoms with Crippen LogP contribution in [0.5, 0.6) is 0 Å². The molecule has 1 aliphatic carbocycles. The van der Waals surface area contributed by atoms with Crippen LogP contribution < -0.4 is 11.1 Å². The third-order valence-corrected chi connectivity index (χ3v) is 4.14. The number of hydrogen-bond acceptors (Lipinski definition) is 3. The molecule has 1 amide bonds. The van der Waals surface area contributed by atoms with E-state index in [0.717, 1.165) is 22.6 Å². The van der Waals surface area contributed by atoms with Gasteiger partial charge in [0.15, 0.2) is 0 Å². The Kier molecular flexibility index (Phi) is 4.80. The highest BCUT2D eigenvalue weighted by Crippen LogP contribution is 2.25. The molecule has 3 N–H and O–H groups in total. The van der Waals surface area contributed by atoms with E-state index in [1.54, 1.807) is 11.3 Å². The maximum absolute atomic E-state index is 11.8. The summed E-state index contributed by atoms with van der Waals surface area (Å²) in [6, 6.07) is 3.99. The topological polar surface area (TPSA) is 55.1 Å². The van der Waals surface area contributed by atoms with Gasteiger partial charge in [-0.2, -0.15) is 0 Å². The van der Waals surface area contributed by atoms with Crippen molar-refractivity contribution in [3.63, 3.8) is 0 Å². The maximum Gasteiger partial charge on any atom is 0.223 e. The zero-order valence-corrected chi connectivity index (χ0v) is 11.2. The molecule has 3 nitrogen and oxygen atoms in total. The van der Waals surface area contributed by atoms with E-state index in [2.05, 4.69) is 17.2 Å². The van der Waals surface area contributed by atoms with Crippen molar-refractivity contribution in [3.8, 4) is 11.8 Å². The molecule has 1 heterocycles. The summed E-state index contributed by atoms with van der Waals surface area (Å²) in [7, 11) is 0. The number of amides is 1. The van der Waals surface area contributed by atoms with E-state index in [1.165, 1.54) is 12.8 Å². The highest BCUT2D eigenvalue weighted by Gasteiger charge is 2.22. The molecule has 1 aromatic rings. The zero-order valence-electron chi connectivity index (χ0n) is 10.4. The molecule has 1 saturated carbocycles. The molecule has 18 heavy (non-hydrogen) atoms. The summed E-state index contributed by atoms with van der Waals surface area (Å²) in [6.45, 7) is 0.996. The average molecular weight is 262 g/mol. The molecule has 0 radical (unpaired) electrons. The van der Waals surface area contributed by atoms with Gasteiger partial charge in [0.25, 0.3) is 0 Å². The number of carbonyl (C=O) groups is 1. The molecule has 1 aliphatic rings. The van der Waals surface area contributed by atoms with Gasteiger partial charge in [-0.25, -0.2) is 0 Å². The largest absolute Gasteiger partial charge is 0.351 e. The van der Waals surface area contributed by atoms with Crippen LogP contribution in [0.2, 0.25) is 0 Å². The molecule has 0 bridgehead atoms. The number of nitrogens with one attached hydrogen (secondary N) is 1. The molecule has 1 aromatic heterocycles. The summed E-state index contributed by atoms with van der Waals surface area (Å²) >= 11 is 1.61. The van der Waals surface area contributed by atoms with E-state index in [-0.39, 0.29) is 11.8 Å². The second-order valence-corrected chi connectivity index (χ2v) is 5.64. The summed E-state index contributed by atoms with van der Waals surface area (Å²) in [6.07, 6.45) is 4.47. The normalized spacial score (nSPS) is 15.2. The minimum absolute atomic E-state index is 0.204. The molecule has 0 aliphatic heterocycles. The van der Waals surface area contributed by atoms with Crippen LogP contribution in [-0.2, 0) is 11.3 Å². The van der Waals surface area contributed by atoms with Gasteiger partial charge in [0.1, 0.15) is 0 Å². The third kappa shape index (κ3) is 3.59. The van der Waals surface area contributed by atoms with Crippen molar-refractivity contribution in [3.05, 3.63) is 21.9 Å². The minimum atomic E-state index is 0.204. The molecule has 0 aromatic carbocycles. The van der Waals surface area contributed by atoms with Crippen LogP contribution in [0, 0.1) is 17.8 Å². The molecule has 0 spiro atoms. The number of nitrogens with two attached hydrogens (primary N) is 1. The fourth-order valence-electron chi connectivity index (χ4n) is 2.18. The molecule has 0 unspecified atom stereocenters. The van der Waals surface area contributed by atoms with Gasteiger partial charge in [-0.15, -0.1) is 11.3 Å². The Balaban J connectivity index is 1.82. The van der Waals surface area contributed by atoms with Gasteiger partial charge in [0, 0.05) is 10.8 Å². The van der Waals surface area contributed by atoms with E-state index in [0.29, 0.717) is 13.1 Å². The van der Waals surface area contributed by atoms with Gasteiger partial charge < -0.3 is 11.1 Å². The number of thiophene rings is 1. The van der Waals surface area contributed by atoms with Crippen LogP contribution in [0.4, 0.5) is 0 Å². The van der Waals surface area contributed by atoms with Gasteiger partial charge in [-0.05, 0) is 25.0 Å². The summed E-state index contributed by atoms with van der Waals surface area (Å²) in [4.78, 5) is 14.0. The van der Waals surface area contributed by atoms with Gasteiger partial charge in [-0.1, -0.05) is 24.7 Å². The van der Waals surface area contributed by atoms with E-state index < -0.39 is 0 Å². The lowest BCUT2D eigenvalue weighted by molar-refractivity contribution is -0.124. The first-order chi connectivity index (χ1) is 8.79. The van der Waals surface area contributed by atoms with Crippen molar-refractivity contribution < 1.29 is 4.79 Å². The Morgan fingerprint density at radius 2 is 2.22 bits per heavy atom. The summed E-state index contributed by atoms with van der Waals surface area (Å²) in [5.74, 6) is 6.27. The van der Waals surface area contributed by atoms with Gasteiger partial charge in [-0.3, -0.25) is 4.79 Å². The fourth-order valence-corrected chi connectivity index (χ4v) is 3.01. The van der Waals surface area contributed by atoms with Gasteiger partial charge in [0.2, 0.25) is 5.91 Å². The van der Waals surface area contributed by atoms with Crippen LogP contribution in [0.15, 0.2) is 12.1 Å². The molecular formula is C14H18N2OS. The summed E-state index contributed by atoms with van der Waals surface area (Å²) in [5, 5.41) is 3.01. The van der Waals surface area contributed by atoms with Gasteiger partial charge >= 0.3 is 0 Å². The van der Waals surface area contributed by atoms with Gasteiger partial charge in [0.05, 0.1) is 18.0 Å². The van der Waals surface area contributed by atoms with E-state index in [4.69, 9.17) is 5.73 Å². The lowest BCUT2D eigenvalue weighted by Gasteiger charge is -2.08. The molecular weight excluding hydrogens is 244 g/mol. The Bertz CT molecular complexity index is 464. The molecule has 96 valence electrons. The van der Waals surface area contributed by atoms with Crippen molar-refractivity contribution in [1.29, 1.82) is 0 Å². The number of carbonyl (C=O) groups excluding carboxylic acids is 1. The SMILES string of the molecule is NCC#Cc1ccc(CNC(=O)C2CCCC2)s1. The molecule has 0 saturated heterocycles. The van der Waals surface area contributed by atoms with Crippen molar-refractivity contribution in [2.75, 3.05) is 6.54 Å². The predicted octanol–water partition coefficient (Wildman–Crippen LogP) is 1.86. The molecule has 1 fully saturated rings. The Labute approximate surface area is 112 Å². The van der Waals surface area contributed by atoms with E-state index in [9.17, 15) is 4.79 Å². The average Bonchev–Trinajstić information content (AvgIpc) is 3.04. The second-order valence-electron chi connectivity index (χ2n) is 4.47. The maximum atomic E-state index is 11.8. The minimum Gasteiger partial charge on any atom is -0.351 e. The van der Waals surface area contributed by atoms with Crippen molar-refractivity contribution in [1.82, 2.24) is 5.32 Å². The van der Waals surface area contributed by atoms with Crippen LogP contribution in [0.3, 0.4) is 0 Å². The quantitative estimate of drug-likeness (QED) is 0.817. The molecule has 0 atom stereocenters. The third-order valence-electron chi connectivity index (χ3n) is 3.14. The van der Waals surface area contributed by atoms with Crippen molar-refractivity contribution in [2.45, 2.75) is 32.2 Å². The zero-order chi connectivity index (χ0) is 12.8. The second kappa shape index (κ2) is 6.58. The first-order valence-corrected chi connectivity index (χ1v) is 7.16. The number of rotatable bonds is 3. The monoisotopic (exact) mass is 262 g/mol. The molecule has 4 heteroatoms. The van der Waals surface area contributed by atoms with Crippen LogP contribution >= 0.6 is 11.3 Å². The van der Waals surface area contributed by atoms with Crippen LogP contribution in [0.25, 0.3) is 0 Å². The highest BCUT2D eigenvalue weighted by molar-refractivity contribution is 7.12. The summed E-state index contributed by atoms with van der Waals surface area (Å²) < 4.78 is 0. The lowest BCUT2D eigenvalue weighted by atomic mass is 10.1. The van der Waals surface area contributed by atoms with Crippen molar-refractivity contribution >= 4 is 17.2 Å². The van der Waals surface area contributed by atoms with Crippen LogP contribution in [0.1, 0.15) is 35.4 Å². The number of hydrogen-bond donors (Lipinski definition) is 2. The lowest BCUT2D eigenvalue weighted by Crippen LogP contribution is -2.28. The van der Waals surface area contributed by atoms with E-state index in [1.807, 2.05) is 12.1 Å². The predicted molar refractivity (Wildman–Crippen MR) is 74.1 cm³/mol. The Morgan fingerprint density at radius 1 is 1.44 bits per heavy atom. The van der Waals surface area contributed by atoms with Crippen LogP contribution in [-0.4, -0.2) is 12.5 Å².